The van der Waals surface area contributed by atoms with E-state index in [1.165, 1.54) is 4.90 Å². The first-order valence-corrected chi connectivity index (χ1v) is 10.6. The lowest BCUT2D eigenvalue weighted by molar-refractivity contribution is -0.134. The second-order valence-corrected chi connectivity index (χ2v) is 8.44. The highest BCUT2D eigenvalue weighted by Crippen LogP contribution is 2.33. The molecule has 2 N–H and O–H groups in total. The summed E-state index contributed by atoms with van der Waals surface area (Å²) in [5, 5.41) is 22.2. The summed E-state index contributed by atoms with van der Waals surface area (Å²) in [4.78, 5) is 38.8. The number of aryl methyl sites for hydroxylation is 1. The molecular weight excluding hydrogens is 432 g/mol. The van der Waals surface area contributed by atoms with Crippen molar-refractivity contribution >= 4 is 40.9 Å². The minimum Gasteiger partial charge on any atom is -0.465 e. The van der Waals surface area contributed by atoms with E-state index in [1.54, 1.807) is 30.3 Å². The molecule has 0 bridgehead atoms. The van der Waals surface area contributed by atoms with Gasteiger partial charge >= 0.3 is 6.09 Å². The fourth-order valence-corrected chi connectivity index (χ4v) is 4.35. The van der Waals surface area contributed by atoms with Gasteiger partial charge in [-0.05, 0) is 48.7 Å². The van der Waals surface area contributed by atoms with Gasteiger partial charge in [-0.1, -0.05) is 23.7 Å². The molecular formula is C23H21ClN4O4. The highest BCUT2D eigenvalue weighted by atomic mass is 35.5. The number of nitrogens with one attached hydrogen (secondary N) is 1. The van der Waals surface area contributed by atoms with E-state index in [-0.39, 0.29) is 24.3 Å². The Bertz CT molecular complexity index is 1150. The zero-order valence-corrected chi connectivity index (χ0v) is 18.1. The van der Waals surface area contributed by atoms with Gasteiger partial charge in [-0.2, -0.15) is 5.26 Å². The molecule has 1 atom stereocenters. The Morgan fingerprint density at radius 3 is 2.62 bits per heavy atom. The van der Waals surface area contributed by atoms with Crippen molar-refractivity contribution in [3.05, 3.63) is 58.1 Å². The summed E-state index contributed by atoms with van der Waals surface area (Å²) in [5.41, 5.74) is 3.14. The number of nitriles is 1. The van der Waals surface area contributed by atoms with Gasteiger partial charge in [0.1, 0.15) is 0 Å². The average molecular weight is 453 g/mol. The number of piperidine rings is 1. The predicted octanol–water partition coefficient (Wildman–Crippen LogP) is 3.41. The van der Waals surface area contributed by atoms with Crippen LogP contribution >= 0.6 is 11.6 Å². The van der Waals surface area contributed by atoms with Crippen LogP contribution in [0.4, 0.5) is 16.2 Å². The highest BCUT2D eigenvalue weighted by Gasteiger charge is 2.37. The number of imide groups is 1. The molecule has 0 aromatic heterocycles. The summed E-state index contributed by atoms with van der Waals surface area (Å²) < 4.78 is 0. The van der Waals surface area contributed by atoms with Crippen LogP contribution in [-0.4, -0.2) is 42.1 Å². The number of carbonyl (C=O) groups excluding carboxylic acids is 2. The number of hydrogen-bond acceptors (Lipinski definition) is 5. The fourth-order valence-electron chi connectivity index (χ4n) is 4.17. The molecule has 0 saturated carbocycles. The van der Waals surface area contributed by atoms with Crippen LogP contribution in [0.3, 0.4) is 0 Å². The summed E-state index contributed by atoms with van der Waals surface area (Å²) in [6.45, 7) is 2.77. The Balaban J connectivity index is 1.51. The van der Waals surface area contributed by atoms with Crippen LogP contribution in [0.25, 0.3) is 0 Å². The van der Waals surface area contributed by atoms with Crippen LogP contribution in [-0.2, 0) is 9.59 Å². The maximum Gasteiger partial charge on any atom is 0.412 e. The molecule has 3 amide bonds. The number of rotatable bonds is 4. The quantitative estimate of drug-likeness (QED) is 0.687. The van der Waals surface area contributed by atoms with Gasteiger partial charge in [0.05, 0.1) is 23.6 Å². The van der Waals surface area contributed by atoms with Gasteiger partial charge in [-0.15, -0.1) is 0 Å². The maximum atomic E-state index is 12.2. The number of hydrogen-bond donors (Lipinski definition) is 2. The van der Waals surface area contributed by atoms with Crippen LogP contribution in [0.15, 0.2) is 36.4 Å². The van der Waals surface area contributed by atoms with Gasteiger partial charge in [0, 0.05) is 35.9 Å². The van der Waals surface area contributed by atoms with Crippen molar-refractivity contribution in [3.63, 3.8) is 0 Å². The minimum absolute atomic E-state index is 0.241. The number of amides is 3. The molecule has 0 radical (unpaired) electrons. The number of carbonyl (C=O) groups is 3. The standard InChI is InChI=1S/C23H21ClN4O4/c1-13-2-3-16(9-20(13)24)28(23(31)32)17-11-27(12-17)15-4-5-18(14(8-15)10-25)19-6-7-21(29)26-22(19)30/h2-5,8-9,17,19H,6-7,11-12H2,1H3,(H,31,32)(H,26,29,30). The first kappa shape index (κ1) is 21.7. The average Bonchev–Trinajstić information content (AvgIpc) is 2.72. The van der Waals surface area contributed by atoms with Crippen molar-refractivity contribution in [1.29, 1.82) is 5.26 Å². The Labute approximate surface area is 190 Å². The summed E-state index contributed by atoms with van der Waals surface area (Å²) in [7, 11) is 0. The normalized spacial score (nSPS) is 18.5. The van der Waals surface area contributed by atoms with Crippen molar-refractivity contribution in [2.45, 2.75) is 31.7 Å². The summed E-state index contributed by atoms with van der Waals surface area (Å²) in [6, 6.07) is 12.3. The van der Waals surface area contributed by atoms with E-state index in [0.29, 0.717) is 41.3 Å². The Kier molecular flexibility index (Phi) is 5.76. The molecule has 4 rings (SSSR count). The second-order valence-electron chi connectivity index (χ2n) is 8.03. The summed E-state index contributed by atoms with van der Waals surface area (Å²) in [5.74, 6) is -1.22. The van der Waals surface area contributed by atoms with Crippen LogP contribution in [0.1, 0.15) is 35.4 Å². The molecule has 8 nitrogen and oxygen atoms in total. The van der Waals surface area contributed by atoms with Crippen LogP contribution in [0.5, 0.6) is 0 Å². The first-order valence-electron chi connectivity index (χ1n) is 10.2. The smallest absolute Gasteiger partial charge is 0.412 e. The van der Waals surface area contributed by atoms with Crippen molar-refractivity contribution in [3.8, 4) is 6.07 Å². The Morgan fingerprint density at radius 1 is 1.25 bits per heavy atom. The Morgan fingerprint density at radius 2 is 2.00 bits per heavy atom. The molecule has 9 heteroatoms. The molecule has 2 fully saturated rings. The molecule has 0 aliphatic carbocycles. The number of halogens is 1. The topological polar surface area (TPSA) is 114 Å². The van der Waals surface area contributed by atoms with Gasteiger partial charge in [0.2, 0.25) is 11.8 Å². The van der Waals surface area contributed by atoms with E-state index in [9.17, 15) is 24.8 Å². The number of anilines is 2. The van der Waals surface area contributed by atoms with Crippen LogP contribution in [0.2, 0.25) is 5.02 Å². The van der Waals surface area contributed by atoms with Crippen LogP contribution < -0.4 is 15.1 Å². The van der Waals surface area contributed by atoms with Crippen molar-refractivity contribution in [2.24, 2.45) is 0 Å². The summed E-state index contributed by atoms with van der Waals surface area (Å²) >= 11 is 6.18. The predicted molar refractivity (Wildman–Crippen MR) is 119 cm³/mol. The first-order chi connectivity index (χ1) is 15.3. The molecule has 32 heavy (non-hydrogen) atoms. The van der Waals surface area contributed by atoms with Gasteiger partial charge in [-0.25, -0.2) is 4.79 Å². The lowest BCUT2D eigenvalue weighted by Gasteiger charge is -2.45. The monoisotopic (exact) mass is 452 g/mol. The van der Waals surface area contributed by atoms with E-state index in [0.717, 1.165) is 11.3 Å². The Hall–Kier alpha value is -3.57. The molecule has 2 aliphatic heterocycles. The molecule has 2 saturated heterocycles. The maximum absolute atomic E-state index is 12.2. The van der Waals surface area contributed by atoms with E-state index < -0.39 is 12.0 Å². The number of nitrogens with zero attached hydrogens (tertiary/aromatic N) is 3. The SMILES string of the molecule is Cc1ccc(N(C(=O)O)C2CN(c3ccc(C4CCC(=O)NC4=O)c(C#N)c3)C2)cc1Cl. The second kappa shape index (κ2) is 8.52. The van der Waals surface area contributed by atoms with E-state index >= 15 is 0 Å². The van der Waals surface area contributed by atoms with Gasteiger partial charge in [-0.3, -0.25) is 19.8 Å². The zero-order valence-electron chi connectivity index (χ0n) is 17.3. The van der Waals surface area contributed by atoms with Crippen molar-refractivity contribution in [2.75, 3.05) is 22.9 Å². The molecule has 1 unspecified atom stereocenters. The van der Waals surface area contributed by atoms with Crippen LogP contribution in [0, 0.1) is 18.3 Å². The number of benzene rings is 2. The summed E-state index contributed by atoms with van der Waals surface area (Å²) in [6.07, 6.45) is -0.442. The molecule has 164 valence electrons. The highest BCUT2D eigenvalue weighted by molar-refractivity contribution is 6.31. The molecule has 2 heterocycles. The fraction of sp³-hybridized carbons (Fsp3) is 0.304. The largest absolute Gasteiger partial charge is 0.465 e. The lowest BCUT2D eigenvalue weighted by Crippen LogP contribution is -2.61. The number of carboxylic acid groups (broad SMARTS) is 1. The van der Waals surface area contributed by atoms with Crippen molar-refractivity contribution in [1.82, 2.24) is 5.32 Å². The van der Waals surface area contributed by atoms with E-state index in [2.05, 4.69) is 11.4 Å². The van der Waals surface area contributed by atoms with E-state index in [4.69, 9.17) is 11.6 Å². The minimum atomic E-state index is -1.06. The van der Waals surface area contributed by atoms with E-state index in [1.807, 2.05) is 17.9 Å². The molecule has 2 aromatic carbocycles. The third-order valence-corrected chi connectivity index (χ3v) is 6.41. The van der Waals surface area contributed by atoms with Crippen molar-refractivity contribution < 1.29 is 19.5 Å². The molecule has 2 aliphatic rings. The van der Waals surface area contributed by atoms with Gasteiger partial charge in [0.25, 0.3) is 0 Å². The lowest BCUT2D eigenvalue weighted by atomic mass is 9.87. The molecule has 2 aromatic rings. The van der Waals surface area contributed by atoms with Gasteiger partial charge in [0.15, 0.2) is 0 Å². The molecule has 0 spiro atoms. The van der Waals surface area contributed by atoms with Gasteiger partial charge < -0.3 is 10.0 Å². The third-order valence-electron chi connectivity index (χ3n) is 6.00. The zero-order chi connectivity index (χ0) is 23.0. The third kappa shape index (κ3) is 3.99.